The molecule has 1 heterocycles. The Morgan fingerprint density at radius 2 is 2.56 bits per heavy atom. The Morgan fingerprint density at radius 3 is 3.00 bits per heavy atom. The summed E-state index contributed by atoms with van der Waals surface area (Å²) in [4.78, 5) is 0.587. The topological polar surface area (TPSA) is 35.8 Å². The molecule has 1 N–H and O–H groups in total. The van der Waals surface area contributed by atoms with Gasteiger partial charge in [-0.25, -0.2) is 0 Å². The van der Waals surface area contributed by atoms with Crippen molar-refractivity contribution in [1.82, 2.24) is 5.32 Å². The van der Waals surface area contributed by atoms with Crippen LogP contribution in [-0.4, -0.2) is 11.5 Å². The number of rotatable bonds is 0. The largest absolute Gasteiger partial charge is 0.375 e. The highest BCUT2D eigenvalue weighted by molar-refractivity contribution is 7.80. The SMILES string of the molecule is N#CC1=CCCNC1=S. The summed E-state index contributed by atoms with van der Waals surface area (Å²) in [5, 5.41) is 11.3. The van der Waals surface area contributed by atoms with Gasteiger partial charge in [0, 0.05) is 6.54 Å². The van der Waals surface area contributed by atoms with Crippen molar-refractivity contribution in [1.29, 1.82) is 5.26 Å². The summed E-state index contributed by atoms with van der Waals surface area (Å²) >= 11 is 4.82. The zero-order valence-electron chi connectivity index (χ0n) is 4.85. The molecular weight excluding hydrogens is 132 g/mol. The zero-order valence-corrected chi connectivity index (χ0v) is 5.66. The molecule has 3 heteroatoms. The molecule has 1 aliphatic rings. The lowest BCUT2D eigenvalue weighted by Gasteiger charge is -2.09. The van der Waals surface area contributed by atoms with Gasteiger partial charge < -0.3 is 5.32 Å². The van der Waals surface area contributed by atoms with Crippen LogP contribution in [0.1, 0.15) is 6.42 Å². The van der Waals surface area contributed by atoms with Crippen LogP contribution in [0.5, 0.6) is 0 Å². The highest BCUT2D eigenvalue weighted by Crippen LogP contribution is 2.01. The molecule has 0 unspecified atom stereocenters. The molecule has 46 valence electrons. The fraction of sp³-hybridized carbons (Fsp3) is 0.333. The lowest BCUT2D eigenvalue weighted by atomic mass is 10.2. The quantitative estimate of drug-likeness (QED) is 0.502. The summed E-state index contributed by atoms with van der Waals surface area (Å²) in [5.41, 5.74) is 0.608. The van der Waals surface area contributed by atoms with Crippen LogP contribution in [0.25, 0.3) is 0 Å². The number of nitrogens with zero attached hydrogens (tertiary/aromatic N) is 1. The van der Waals surface area contributed by atoms with Gasteiger partial charge in [-0.2, -0.15) is 5.26 Å². The van der Waals surface area contributed by atoms with E-state index in [9.17, 15) is 0 Å². The van der Waals surface area contributed by atoms with Crippen LogP contribution in [0, 0.1) is 11.3 Å². The van der Waals surface area contributed by atoms with E-state index in [0.717, 1.165) is 13.0 Å². The van der Waals surface area contributed by atoms with Crippen molar-refractivity contribution < 1.29 is 0 Å². The van der Waals surface area contributed by atoms with Crippen LogP contribution in [0.15, 0.2) is 11.6 Å². The molecule has 0 aromatic rings. The highest BCUT2D eigenvalue weighted by atomic mass is 32.1. The predicted molar refractivity (Wildman–Crippen MR) is 38.9 cm³/mol. The standard InChI is InChI=1S/C6H6N2S/c7-4-5-2-1-3-8-6(5)9/h2H,1,3H2,(H,8,9). The van der Waals surface area contributed by atoms with E-state index in [-0.39, 0.29) is 0 Å². The molecule has 0 amide bonds. The number of nitriles is 1. The van der Waals surface area contributed by atoms with Gasteiger partial charge in [0.15, 0.2) is 0 Å². The molecule has 0 fully saturated rings. The minimum absolute atomic E-state index is 0.587. The third-order valence-electron chi connectivity index (χ3n) is 1.14. The summed E-state index contributed by atoms with van der Waals surface area (Å²) in [6.07, 6.45) is 2.77. The monoisotopic (exact) mass is 138 g/mol. The van der Waals surface area contributed by atoms with Gasteiger partial charge in [-0.3, -0.25) is 0 Å². The van der Waals surface area contributed by atoms with E-state index in [1.54, 1.807) is 0 Å². The van der Waals surface area contributed by atoms with Gasteiger partial charge >= 0.3 is 0 Å². The van der Waals surface area contributed by atoms with Crippen LogP contribution in [-0.2, 0) is 0 Å². The van der Waals surface area contributed by atoms with Gasteiger partial charge in [0.2, 0.25) is 0 Å². The number of thiocarbonyl (C=S) groups is 1. The Kier molecular flexibility index (Phi) is 1.81. The molecule has 0 aromatic heterocycles. The second-order valence-corrected chi connectivity index (χ2v) is 2.18. The van der Waals surface area contributed by atoms with Crippen LogP contribution >= 0.6 is 12.2 Å². The summed E-state index contributed by atoms with van der Waals surface area (Å²) in [7, 11) is 0. The van der Waals surface area contributed by atoms with Crippen molar-refractivity contribution in [2.45, 2.75) is 6.42 Å². The van der Waals surface area contributed by atoms with Gasteiger partial charge in [0.05, 0.1) is 5.57 Å². The zero-order chi connectivity index (χ0) is 6.69. The maximum Gasteiger partial charge on any atom is 0.116 e. The first-order valence-electron chi connectivity index (χ1n) is 2.73. The molecular formula is C6H6N2S. The number of hydrogen-bond acceptors (Lipinski definition) is 2. The average molecular weight is 138 g/mol. The van der Waals surface area contributed by atoms with E-state index in [2.05, 4.69) is 5.32 Å². The molecule has 0 spiro atoms. The van der Waals surface area contributed by atoms with E-state index >= 15 is 0 Å². The molecule has 1 aliphatic heterocycles. The van der Waals surface area contributed by atoms with Crippen LogP contribution < -0.4 is 5.32 Å². The van der Waals surface area contributed by atoms with Gasteiger partial charge in [-0.05, 0) is 6.42 Å². The maximum absolute atomic E-state index is 8.42. The van der Waals surface area contributed by atoms with Gasteiger partial charge in [0.25, 0.3) is 0 Å². The number of hydrogen-bond donors (Lipinski definition) is 1. The normalized spacial score (nSPS) is 17.7. The lowest BCUT2D eigenvalue weighted by Crippen LogP contribution is -2.26. The first kappa shape index (κ1) is 6.24. The van der Waals surface area contributed by atoms with Crippen molar-refractivity contribution in [2.24, 2.45) is 0 Å². The third kappa shape index (κ3) is 1.27. The summed E-state index contributed by atoms with van der Waals surface area (Å²) < 4.78 is 0. The minimum Gasteiger partial charge on any atom is -0.375 e. The Bertz CT molecular complexity index is 200. The highest BCUT2D eigenvalue weighted by Gasteiger charge is 2.06. The summed E-state index contributed by atoms with van der Waals surface area (Å²) in [6.45, 7) is 0.865. The van der Waals surface area contributed by atoms with E-state index in [1.165, 1.54) is 0 Å². The molecule has 0 aliphatic carbocycles. The summed E-state index contributed by atoms with van der Waals surface area (Å²) in [6, 6.07) is 2.01. The van der Waals surface area contributed by atoms with E-state index in [1.807, 2.05) is 12.1 Å². The van der Waals surface area contributed by atoms with Gasteiger partial charge in [0.1, 0.15) is 11.1 Å². The van der Waals surface area contributed by atoms with Crippen molar-refractivity contribution in [3.05, 3.63) is 11.6 Å². The van der Waals surface area contributed by atoms with E-state index in [4.69, 9.17) is 17.5 Å². The van der Waals surface area contributed by atoms with E-state index < -0.39 is 0 Å². The first-order chi connectivity index (χ1) is 4.34. The number of nitrogens with one attached hydrogen (secondary N) is 1. The third-order valence-corrected chi connectivity index (χ3v) is 1.51. The Morgan fingerprint density at radius 1 is 1.78 bits per heavy atom. The molecule has 0 radical (unpaired) electrons. The Balaban J connectivity index is 2.79. The smallest absolute Gasteiger partial charge is 0.116 e. The van der Waals surface area contributed by atoms with Crippen molar-refractivity contribution in [2.75, 3.05) is 6.54 Å². The molecule has 0 atom stereocenters. The van der Waals surface area contributed by atoms with Crippen LogP contribution in [0.4, 0.5) is 0 Å². The van der Waals surface area contributed by atoms with Gasteiger partial charge in [-0.1, -0.05) is 18.3 Å². The Labute approximate surface area is 59.2 Å². The van der Waals surface area contributed by atoms with E-state index in [0.29, 0.717) is 10.6 Å². The second-order valence-electron chi connectivity index (χ2n) is 1.77. The minimum atomic E-state index is 0.587. The first-order valence-corrected chi connectivity index (χ1v) is 3.14. The molecule has 0 bridgehead atoms. The molecule has 0 saturated heterocycles. The van der Waals surface area contributed by atoms with Crippen LogP contribution in [0.2, 0.25) is 0 Å². The molecule has 0 aromatic carbocycles. The maximum atomic E-state index is 8.42. The van der Waals surface area contributed by atoms with Crippen molar-refractivity contribution >= 4 is 17.2 Å². The van der Waals surface area contributed by atoms with Crippen molar-refractivity contribution in [3.8, 4) is 6.07 Å². The lowest BCUT2D eigenvalue weighted by molar-refractivity contribution is 0.878. The van der Waals surface area contributed by atoms with Crippen LogP contribution in [0.3, 0.4) is 0 Å². The molecule has 2 nitrogen and oxygen atoms in total. The molecule has 9 heavy (non-hydrogen) atoms. The second kappa shape index (κ2) is 2.60. The average Bonchev–Trinajstić information content (AvgIpc) is 1.89. The Hall–Kier alpha value is -0.880. The van der Waals surface area contributed by atoms with Crippen molar-refractivity contribution in [3.63, 3.8) is 0 Å². The molecule has 1 rings (SSSR count). The molecule has 0 saturated carbocycles. The fourth-order valence-electron chi connectivity index (χ4n) is 0.687. The fourth-order valence-corrected chi connectivity index (χ4v) is 0.918. The predicted octanol–water partition coefficient (Wildman–Crippen LogP) is 0.757. The van der Waals surface area contributed by atoms with Gasteiger partial charge in [-0.15, -0.1) is 0 Å². The summed E-state index contributed by atoms with van der Waals surface area (Å²) in [5.74, 6) is 0.